The Labute approximate surface area is 144 Å². The topological polar surface area (TPSA) is 44.7 Å². The lowest BCUT2D eigenvalue weighted by molar-refractivity contribution is 0.102. The number of hydrogen-bond donors (Lipinski definition) is 1. The fourth-order valence-corrected chi connectivity index (χ4v) is 3.29. The summed E-state index contributed by atoms with van der Waals surface area (Å²) >= 11 is 7.58. The lowest BCUT2D eigenvalue weighted by Gasteiger charge is -2.10. The van der Waals surface area contributed by atoms with Crippen LogP contribution in [0.2, 0.25) is 5.02 Å². The highest BCUT2D eigenvalue weighted by atomic mass is 35.5. The van der Waals surface area contributed by atoms with Crippen molar-refractivity contribution in [1.29, 1.82) is 0 Å². The molecule has 1 fully saturated rings. The molecule has 1 amide bonds. The van der Waals surface area contributed by atoms with E-state index in [2.05, 4.69) is 15.2 Å². The van der Waals surface area contributed by atoms with E-state index < -0.39 is 0 Å². The standard InChI is InChI=1S/C17H16ClN3OS/c1-21-10-11-23-17(21)20-15-8-6-14(7-9-15)19-16(22)12-2-4-13(18)5-3-12/h2-9H,10-11H2,1H3,(H,19,22). The van der Waals surface area contributed by atoms with Crippen LogP contribution in [-0.4, -0.2) is 35.3 Å². The van der Waals surface area contributed by atoms with Crippen LogP contribution >= 0.6 is 23.4 Å². The monoisotopic (exact) mass is 345 g/mol. The predicted molar refractivity (Wildman–Crippen MR) is 98.0 cm³/mol. The summed E-state index contributed by atoms with van der Waals surface area (Å²) in [5.41, 5.74) is 2.19. The van der Waals surface area contributed by atoms with Gasteiger partial charge in [-0.15, -0.1) is 0 Å². The van der Waals surface area contributed by atoms with Crippen LogP contribution in [0.5, 0.6) is 0 Å². The van der Waals surface area contributed by atoms with Crippen LogP contribution in [0.15, 0.2) is 53.5 Å². The number of hydrogen-bond acceptors (Lipinski definition) is 3. The van der Waals surface area contributed by atoms with Crippen LogP contribution in [0.1, 0.15) is 10.4 Å². The van der Waals surface area contributed by atoms with Gasteiger partial charge in [0.2, 0.25) is 0 Å². The Bertz CT molecular complexity index is 729. The van der Waals surface area contributed by atoms with Crippen molar-refractivity contribution in [3.63, 3.8) is 0 Å². The molecule has 0 aromatic heterocycles. The first-order valence-electron chi connectivity index (χ1n) is 7.21. The Morgan fingerprint density at radius 1 is 1.17 bits per heavy atom. The molecule has 0 spiro atoms. The highest BCUT2D eigenvalue weighted by molar-refractivity contribution is 8.14. The third-order valence-corrected chi connectivity index (χ3v) is 4.74. The zero-order valence-corrected chi connectivity index (χ0v) is 14.2. The number of amidine groups is 1. The second-order valence-corrected chi connectivity index (χ2v) is 6.67. The largest absolute Gasteiger partial charge is 0.353 e. The van der Waals surface area contributed by atoms with Crippen LogP contribution < -0.4 is 5.32 Å². The lowest BCUT2D eigenvalue weighted by atomic mass is 10.2. The molecule has 6 heteroatoms. The molecule has 2 aromatic rings. The van der Waals surface area contributed by atoms with Gasteiger partial charge < -0.3 is 10.2 Å². The number of amides is 1. The average molecular weight is 346 g/mol. The molecule has 118 valence electrons. The molecular formula is C17H16ClN3OS. The summed E-state index contributed by atoms with van der Waals surface area (Å²) in [7, 11) is 2.04. The molecule has 0 radical (unpaired) electrons. The Morgan fingerprint density at radius 2 is 1.87 bits per heavy atom. The third-order valence-electron chi connectivity index (χ3n) is 3.44. The second kappa shape index (κ2) is 7.06. The first-order chi connectivity index (χ1) is 11.1. The van der Waals surface area contributed by atoms with Gasteiger partial charge in [-0.05, 0) is 48.5 Å². The van der Waals surface area contributed by atoms with E-state index in [-0.39, 0.29) is 5.91 Å². The number of halogens is 1. The maximum atomic E-state index is 12.1. The molecule has 1 heterocycles. The summed E-state index contributed by atoms with van der Waals surface area (Å²) in [5.74, 6) is 0.914. The smallest absolute Gasteiger partial charge is 0.255 e. The lowest BCUT2D eigenvalue weighted by Crippen LogP contribution is -2.17. The maximum absolute atomic E-state index is 12.1. The number of aliphatic imine (C=N–C) groups is 1. The van der Waals surface area contributed by atoms with Gasteiger partial charge in [0.1, 0.15) is 0 Å². The zero-order valence-electron chi connectivity index (χ0n) is 12.6. The quantitative estimate of drug-likeness (QED) is 0.904. The van der Waals surface area contributed by atoms with Crippen LogP contribution in [0.3, 0.4) is 0 Å². The maximum Gasteiger partial charge on any atom is 0.255 e. The number of nitrogens with one attached hydrogen (secondary N) is 1. The second-order valence-electron chi connectivity index (χ2n) is 5.17. The Morgan fingerprint density at radius 3 is 2.48 bits per heavy atom. The van der Waals surface area contributed by atoms with Gasteiger partial charge in [0.05, 0.1) is 5.69 Å². The van der Waals surface area contributed by atoms with Crippen LogP contribution in [0.4, 0.5) is 11.4 Å². The van der Waals surface area contributed by atoms with Gasteiger partial charge >= 0.3 is 0 Å². The van der Waals surface area contributed by atoms with Crippen molar-refractivity contribution in [3.8, 4) is 0 Å². The molecule has 1 aliphatic rings. The number of carbonyl (C=O) groups is 1. The molecule has 3 rings (SSSR count). The third kappa shape index (κ3) is 4.06. The van der Waals surface area contributed by atoms with Crippen molar-refractivity contribution in [2.45, 2.75) is 0 Å². The number of anilines is 1. The van der Waals surface area contributed by atoms with Crippen LogP contribution in [-0.2, 0) is 0 Å². The van der Waals surface area contributed by atoms with E-state index in [1.165, 1.54) is 0 Å². The Kier molecular flexibility index (Phi) is 4.88. The summed E-state index contributed by atoms with van der Waals surface area (Å²) in [6, 6.07) is 14.3. The molecule has 0 unspecified atom stereocenters. The molecule has 1 saturated heterocycles. The van der Waals surface area contributed by atoms with Gasteiger partial charge in [-0.25, -0.2) is 4.99 Å². The molecule has 0 aliphatic carbocycles. The minimum absolute atomic E-state index is 0.160. The summed E-state index contributed by atoms with van der Waals surface area (Å²) in [4.78, 5) is 18.9. The molecule has 0 atom stereocenters. The minimum atomic E-state index is -0.160. The summed E-state index contributed by atoms with van der Waals surface area (Å²) in [6.07, 6.45) is 0. The normalized spacial score (nSPS) is 15.9. The van der Waals surface area contributed by atoms with Gasteiger partial charge in [-0.3, -0.25) is 4.79 Å². The van der Waals surface area contributed by atoms with Gasteiger partial charge in [0.15, 0.2) is 5.17 Å². The summed E-state index contributed by atoms with van der Waals surface area (Å²) in [6.45, 7) is 1.03. The highest BCUT2D eigenvalue weighted by Gasteiger charge is 2.14. The van der Waals surface area contributed by atoms with Crippen molar-refractivity contribution >= 4 is 45.8 Å². The molecule has 1 aliphatic heterocycles. The van der Waals surface area contributed by atoms with Gasteiger partial charge in [-0.1, -0.05) is 23.4 Å². The van der Waals surface area contributed by atoms with Gasteiger partial charge in [0.25, 0.3) is 5.91 Å². The van der Waals surface area contributed by atoms with Crippen molar-refractivity contribution in [2.24, 2.45) is 4.99 Å². The first kappa shape index (κ1) is 15.9. The number of nitrogens with zero attached hydrogens (tertiary/aromatic N) is 2. The minimum Gasteiger partial charge on any atom is -0.353 e. The first-order valence-corrected chi connectivity index (χ1v) is 8.58. The van der Waals surface area contributed by atoms with E-state index in [1.807, 2.05) is 31.3 Å². The van der Waals surface area contributed by atoms with E-state index in [1.54, 1.807) is 36.0 Å². The zero-order chi connectivity index (χ0) is 16.2. The molecule has 0 bridgehead atoms. The average Bonchev–Trinajstić information content (AvgIpc) is 2.95. The Balaban J connectivity index is 1.67. The fourth-order valence-electron chi connectivity index (χ4n) is 2.13. The fraction of sp³-hybridized carbons (Fsp3) is 0.176. The SMILES string of the molecule is CN1CCSC1=Nc1ccc(NC(=O)c2ccc(Cl)cc2)cc1. The number of carbonyl (C=O) groups excluding carboxylic acids is 1. The van der Waals surface area contributed by atoms with Crippen molar-refractivity contribution in [1.82, 2.24) is 4.90 Å². The van der Waals surface area contributed by atoms with E-state index in [0.717, 1.165) is 28.8 Å². The Hall–Kier alpha value is -1.98. The molecule has 4 nitrogen and oxygen atoms in total. The molecule has 0 saturated carbocycles. The molecule has 23 heavy (non-hydrogen) atoms. The van der Waals surface area contributed by atoms with Crippen molar-refractivity contribution in [3.05, 3.63) is 59.1 Å². The summed E-state index contributed by atoms with van der Waals surface area (Å²) < 4.78 is 0. The number of thioether (sulfide) groups is 1. The molecule has 1 N–H and O–H groups in total. The molecular weight excluding hydrogens is 330 g/mol. The van der Waals surface area contributed by atoms with E-state index in [0.29, 0.717) is 10.6 Å². The highest BCUT2D eigenvalue weighted by Crippen LogP contribution is 2.23. The van der Waals surface area contributed by atoms with Crippen molar-refractivity contribution < 1.29 is 4.79 Å². The van der Waals surface area contributed by atoms with Gasteiger partial charge in [-0.2, -0.15) is 0 Å². The predicted octanol–water partition coefficient (Wildman–Crippen LogP) is 4.26. The van der Waals surface area contributed by atoms with E-state index >= 15 is 0 Å². The van der Waals surface area contributed by atoms with Gasteiger partial charge in [0, 0.05) is 35.6 Å². The molecule has 2 aromatic carbocycles. The summed E-state index contributed by atoms with van der Waals surface area (Å²) in [5, 5.41) is 4.50. The number of rotatable bonds is 3. The van der Waals surface area contributed by atoms with Crippen molar-refractivity contribution in [2.75, 3.05) is 24.7 Å². The van der Waals surface area contributed by atoms with E-state index in [9.17, 15) is 4.79 Å². The van der Waals surface area contributed by atoms with Crippen LogP contribution in [0.25, 0.3) is 0 Å². The van der Waals surface area contributed by atoms with Crippen LogP contribution in [0, 0.1) is 0 Å². The van der Waals surface area contributed by atoms with E-state index in [4.69, 9.17) is 11.6 Å². The number of benzene rings is 2.